The Bertz CT molecular complexity index is 535. The van der Waals surface area contributed by atoms with Crippen LogP contribution >= 0.6 is 0 Å². The van der Waals surface area contributed by atoms with Crippen LogP contribution in [0.1, 0.15) is 20.9 Å². The lowest BCUT2D eigenvalue weighted by atomic mass is 10.2. The van der Waals surface area contributed by atoms with Gasteiger partial charge in [-0.2, -0.15) is 0 Å². The third kappa shape index (κ3) is 3.70. The molecule has 0 saturated heterocycles. The summed E-state index contributed by atoms with van der Waals surface area (Å²) in [5, 5.41) is 5.36. The molecule has 0 atom stereocenters. The van der Waals surface area contributed by atoms with Gasteiger partial charge in [0.05, 0.1) is 6.26 Å². The van der Waals surface area contributed by atoms with Crippen LogP contribution in [0.4, 0.5) is 0 Å². The van der Waals surface area contributed by atoms with Gasteiger partial charge in [-0.25, -0.2) is 0 Å². The van der Waals surface area contributed by atoms with Crippen LogP contribution in [0.25, 0.3) is 0 Å². The Labute approximate surface area is 110 Å². The topological polar surface area (TPSA) is 71.3 Å². The summed E-state index contributed by atoms with van der Waals surface area (Å²) in [5.74, 6) is -0.193. The van der Waals surface area contributed by atoms with E-state index in [1.807, 2.05) is 6.07 Å². The molecule has 0 radical (unpaired) electrons. The highest BCUT2D eigenvalue weighted by molar-refractivity contribution is 5.94. The summed E-state index contributed by atoms with van der Waals surface area (Å²) in [6, 6.07) is 12.1. The molecule has 5 nitrogen and oxygen atoms in total. The Balaban J connectivity index is 1.70. The molecule has 2 rings (SSSR count). The third-order valence-corrected chi connectivity index (χ3v) is 2.48. The van der Waals surface area contributed by atoms with E-state index in [1.165, 1.54) is 6.26 Å². The van der Waals surface area contributed by atoms with Crippen molar-refractivity contribution in [3.63, 3.8) is 0 Å². The fraction of sp³-hybridized carbons (Fsp3) is 0.143. The molecule has 1 aromatic heterocycles. The number of rotatable bonds is 5. The average Bonchev–Trinajstić information content (AvgIpc) is 2.98. The highest BCUT2D eigenvalue weighted by Gasteiger charge is 2.07. The number of benzene rings is 1. The molecule has 1 aromatic carbocycles. The Morgan fingerprint density at radius 3 is 2.21 bits per heavy atom. The maximum atomic E-state index is 11.7. The van der Waals surface area contributed by atoms with Crippen LogP contribution in [-0.2, 0) is 0 Å². The molecular formula is C14H14N2O3. The average molecular weight is 258 g/mol. The van der Waals surface area contributed by atoms with Crippen molar-refractivity contribution in [1.29, 1.82) is 0 Å². The summed E-state index contributed by atoms with van der Waals surface area (Å²) in [6.45, 7) is 0.707. The molecule has 19 heavy (non-hydrogen) atoms. The van der Waals surface area contributed by atoms with Crippen LogP contribution in [0.2, 0.25) is 0 Å². The fourth-order valence-corrected chi connectivity index (χ4v) is 1.54. The maximum absolute atomic E-state index is 11.7. The fourth-order valence-electron chi connectivity index (χ4n) is 1.54. The van der Waals surface area contributed by atoms with E-state index < -0.39 is 0 Å². The Morgan fingerprint density at radius 2 is 1.58 bits per heavy atom. The Kier molecular flexibility index (Phi) is 4.34. The minimum Gasteiger partial charge on any atom is -0.459 e. The van der Waals surface area contributed by atoms with E-state index in [1.54, 1.807) is 36.4 Å². The van der Waals surface area contributed by atoms with E-state index in [2.05, 4.69) is 10.6 Å². The summed E-state index contributed by atoms with van der Waals surface area (Å²) in [6.07, 6.45) is 1.44. The van der Waals surface area contributed by atoms with Crippen molar-refractivity contribution in [2.24, 2.45) is 0 Å². The molecule has 2 aromatic rings. The standard InChI is InChI=1S/C14H14N2O3/c17-13(11-5-2-1-3-6-11)15-8-9-16-14(18)12-7-4-10-19-12/h1-7,10H,8-9H2,(H,15,17)(H,16,18). The van der Waals surface area contributed by atoms with Gasteiger partial charge in [-0.05, 0) is 24.3 Å². The van der Waals surface area contributed by atoms with Gasteiger partial charge in [-0.15, -0.1) is 0 Å². The third-order valence-electron chi connectivity index (χ3n) is 2.48. The van der Waals surface area contributed by atoms with E-state index in [0.29, 0.717) is 18.7 Å². The molecule has 1 heterocycles. The predicted octanol–water partition coefficient (Wildman–Crippen LogP) is 1.44. The lowest BCUT2D eigenvalue weighted by Gasteiger charge is -2.06. The van der Waals surface area contributed by atoms with Crippen molar-refractivity contribution in [3.8, 4) is 0 Å². The number of hydrogen-bond donors (Lipinski definition) is 2. The Morgan fingerprint density at radius 1 is 0.895 bits per heavy atom. The first-order chi connectivity index (χ1) is 9.27. The second-order valence-electron chi connectivity index (χ2n) is 3.86. The van der Waals surface area contributed by atoms with Gasteiger partial charge < -0.3 is 15.1 Å². The lowest BCUT2D eigenvalue weighted by Crippen LogP contribution is -2.34. The van der Waals surface area contributed by atoms with Crippen molar-refractivity contribution in [2.75, 3.05) is 13.1 Å². The highest BCUT2D eigenvalue weighted by atomic mass is 16.3. The first-order valence-electron chi connectivity index (χ1n) is 5.92. The van der Waals surface area contributed by atoms with Crippen LogP contribution in [0.5, 0.6) is 0 Å². The maximum Gasteiger partial charge on any atom is 0.287 e. The molecule has 2 amide bonds. The number of furan rings is 1. The van der Waals surface area contributed by atoms with E-state index in [4.69, 9.17) is 4.42 Å². The zero-order chi connectivity index (χ0) is 13.5. The highest BCUT2D eigenvalue weighted by Crippen LogP contribution is 1.99. The van der Waals surface area contributed by atoms with Crippen molar-refractivity contribution < 1.29 is 14.0 Å². The van der Waals surface area contributed by atoms with Gasteiger partial charge in [-0.1, -0.05) is 18.2 Å². The first kappa shape index (κ1) is 12.9. The summed E-state index contributed by atoms with van der Waals surface area (Å²) in [5.41, 5.74) is 0.597. The molecule has 0 bridgehead atoms. The largest absolute Gasteiger partial charge is 0.459 e. The zero-order valence-electron chi connectivity index (χ0n) is 10.3. The molecule has 98 valence electrons. The van der Waals surface area contributed by atoms with Crippen LogP contribution in [0.3, 0.4) is 0 Å². The van der Waals surface area contributed by atoms with Crippen molar-refractivity contribution in [2.45, 2.75) is 0 Å². The second-order valence-corrected chi connectivity index (χ2v) is 3.86. The molecule has 0 aliphatic carbocycles. The lowest BCUT2D eigenvalue weighted by molar-refractivity contribution is 0.0910. The molecule has 0 fully saturated rings. The predicted molar refractivity (Wildman–Crippen MR) is 69.8 cm³/mol. The van der Waals surface area contributed by atoms with E-state index >= 15 is 0 Å². The van der Waals surface area contributed by atoms with E-state index in [9.17, 15) is 9.59 Å². The Hall–Kier alpha value is -2.56. The van der Waals surface area contributed by atoms with Gasteiger partial charge in [0.1, 0.15) is 0 Å². The van der Waals surface area contributed by atoms with Gasteiger partial charge in [0.15, 0.2) is 5.76 Å². The normalized spacial score (nSPS) is 9.89. The smallest absolute Gasteiger partial charge is 0.287 e. The number of carbonyl (C=O) groups is 2. The molecule has 0 unspecified atom stereocenters. The summed E-state index contributed by atoms with van der Waals surface area (Å²) in [4.78, 5) is 23.2. The molecule has 0 saturated carbocycles. The van der Waals surface area contributed by atoms with E-state index in [0.717, 1.165) is 0 Å². The van der Waals surface area contributed by atoms with E-state index in [-0.39, 0.29) is 17.6 Å². The monoisotopic (exact) mass is 258 g/mol. The molecule has 0 aliphatic heterocycles. The first-order valence-corrected chi connectivity index (χ1v) is 5.92. The quantitative estimate of drug-likeness (QED) is 0.797. The van der Waals surface area contributed by atoms with Gasteiger partial charge in [0, 0.05) is 18.7 Å². The molecule has 2 N–H and O–H groups in total. The summed E-state index contributed by atoms with van der Waals surface area (Å²) in [7, 11) is 0. The minimum atomic E-state index is -0.293. The SMILES string of the molecule is O=C(NCCNC(=O)c1ccco1)c1ccccc1. The number of nitrogens with one attached hydrogen (secondary N) is 2. The van der Waals surface area contributed by atoms with Crippen LogP contribution in [0, 0.1) is 0 Å². The molecular weight excluding hydrogens is 244 g/mol. The van der Waals surface area contributed by atoms with Crippen molar-refractivity contribution >= 4 is 11.8 Å². The zero-order valence-corrected chi connectivity index (χ0v) is 10.3. The number of amides is 2. The second kappa shape index (κ2) is 6.39. The van der Waals surface area contributed by atoms with Crippen LogP contribution in [-0.4, -0.2) is 24.9 Å². The van der Waals surface area contributed by atoms with Gasteiger partial charge in [0.25, 0.3) is 11.8 Å². The van der Waals surface area contributed by atoms with Crippen molar-refractivity contribution in [1.82, 2.24) is 10.6 Å². The van der Waals surface area contributed by atoms with Crippen LogP contribution < -0.4 is 10.6 Å². The number of carbonyl (C=O) groups excluding carboxylic acids is 2. The summed E-state index contributed by atoms with van der Waals surface area (Å²) < 4.78 is 4.94. The molecule has 0 aliphatic rings. The molecule has 0 spiro atoms. The minimum absolute atomic E-state index is 0.159. The summed E-state index contributed by atoms with van der Waals surface area (Å²) >= 11 is 0. The van der Waals surface area contributed by atoms with Gasteiger partial charge in [-0.3, -0.25) is 9.59 Å². The van der Waals surface area contributed by atoms with Crippen molar-refractivity contribution in [3.05, 3.63) is 60.1 Å². The number of hydrogen-bond acceptors (Lipinski definition) is 3. The van der Waals surface area contributed by atoms with Gasteiger partial charge in [0.2, 0.25) is 0 Å². The van der Waals surface area contributed by atoms with Gasteiger partial charge >= 0.3 is 0 Å². The molecule has 5 heteroatoms. The van der Waals surface area contributed by atoms with Crippen LogP contribution in [0.15, 0.2) is 53.1 Å².